The predicted octanol–water partition coefficient (Wildman–Crippen LogP) is 0.130. The molecule has 0 spiro atoms. The molecule has 0 bridgehead atoms. The molecule has 1 amide bonds. The van der Waals surface area contributed by atoms with Crippen molar-refractivity contribution < 1.29 is 32.2 Å². The van der Waals surface area contributed by atoms with E-state index < -0.39 is 28.3 Å². The molecule has 2 aromatic rings. The SMILES string of the molecule is COc1cc(OC)nc(NC(=O)C(O)(CF)NS(=O)(=O)c2cccs2)n1. The molecule has 0 aliphatic rings. The van der Waals surface area contributed by atoms with Crippen molar-refractivity contribution in [3.8, 4) is 11.8 Å². The normalized spacial score (nSPS) is 13.7. The Morgan fingerprint density at radius 3 is 2.42 bits per heavy atom. The third kappa shape index (κ3) is 4.43. The molecule has 0 aliphatic heterocycles. The molecular formula is C13H15FN4O6S2. The molecule has 0 fully saturated rings. The predicted molar refractivity (Wildman–Crippen MR) is 89.3 cm³/mol. The van der Waals surface area contributed by atoms with Crippen LogP contribution in [0.4, 0.5) is 10.3 Å². The van der Waals surface area contributed by atoms with E-state index in [0.29, 0.717) is 0 Å². The lowest BCUT2D eigenvalue weighted by molar-refractivity contribution is -0.137. The van der Waals surface area contributed by atoms with Crippen LogP contribution >= 0.6 is 11.3 Å². The molecule has 26 heavy (non-hydrogen) atoms. The second kappa shape index (κ2) is 7.90. The Bertz CT molecular complexity index is 855. The van der Waals surface area contributed by atoms with Crippen molar-refractivity contribution in [2.45, 2.75) is 9.93 Å². The zero-order chi connectivity index (χ0) is 19.4. The first-order chi connectivity index (χ1) is 12.2. The molecule has 1 atom stereocenters. The number of halogens is 1. The van der Waals surface area contributed by atoms with Gasteiger partial charge < -0.3 is 14.6 Å². The standard InChI is InChI=1S/C13H15FN4O6S2/c1-23-8-6-9(24-2)16-12(15-8)17-11(19)13(20,7-14)18-26(21,22)10-4-3-5-25-10/h3-6,18,20H,7H2,1-2H3,(H,15,16,17,19). The maximum absolute atomic E-state index is 13.3. The minimum atomic E-state index is -4.32. The van der Waals surface area contributed by atoms with Gasteiger partial charge in [0.1, 0.15) is 10.9 Å². The van der Waals surface area contributed by atoms with Crippen LogP contribution in [0.1, 0.15) is 0 Å². The number of aromatic nitrogens is 2. The molecule has 0 aromatic carbocycles. The maximum atomic E-state index is 13.3. The summed E-state index contributed by atoms with van der Waals surface area (Å²) >= 11 is 0.833. The van der Waals surface area contributed by atoms with E-state index >= 15 is 0 Å². The fourth-order valence-corrected chi connectivity index (χ4v) is 3.89. The van der Waals surface area contributed by atoms with Crippen molar-refractivity contribution in [2.75, 3.05) is 26.2 Å². The lowest BCUT2D eigenvalue weighted by Gasteiger charge is -2.24. The second-order valence-corrected chi connectivity index (χ2v) is 7.62. The summed E-state index contributed by atoms with van der Waals surface area (Å²) in [6.45, 7) is -1.73. The van der Waals surface area contributed by atoms with Gasteiger partial charge in [0.25, 0.3) is 15.9 Å². The number of rotatable bonds is 8. The first-order valence-corrected chi connectivity index (χ1v) is 9.24. The highest BCUT2D eigenvalue weighted by atomic mass is 32.2. The average Bonchev–Trinajstić information content (AvgIpc) is 3.16. The van der Waals surface area contributed by atoms with Crippen LogP contribution in [0.15, 0.2) is 27.8 Å². The number of alkyl halides is 1. The van der Waals surface area contributed by atoms with Crippen LogP contribution in [-0.2, 0) is 14.8 Å². The lowest BCUT2D eigenvalue weighted by Crippen LogP contribution is -2.58. The lowest BCUT2D eigenvalue weighted by atomic mass is 10.2. The number of hydrogen-bond acceptors (Lipinski definition) is 9. The smallest absolute Gasteiger partial charge is 0.277 e. The number of amides is 1. The van der Waals surface area contributed by atoms with Crippen molar-refractivity contribution in [3.05, 3.63) is 23.6 Å². The van der Waals surface area contributed by atoms with Crippen molar-refractivity contribution in [1.29, 1.82) is 0 Å². The molecule has 2 aromatic heterocycles. The van der Waals surface area contributed by atoms with Crippen molar-refractivity contribution in [2.24, 2.45) is 0 Å². The van der Waals surface area contributed by atoms with Gasteiger partial charge in [0, 0.05) is 0 Å². The summed E-state index contributed by atoms with van der Waals surface area (Å²) in [5.41, 5.74) is -3.07. The quantitative estimate of drug-likeness (QED) is 0.526. The van der Waals surface area contributed by atoms with Gasteiger partial charge in [0.15, 0.2) is 0 Å². The fourth-order valence-electron chi connectivity index (χ4n) is 1.70. The van der Waals surface area contributed by atoms with E-state index in [0.717, 1.165) is 11.3 Å². The van der Waals surface area contributed by atoms with E-state index in [-0.39, 0.29) is 21.9 Å². The highest BCUT2D eigenvalue weighted by Gasteiger charge is 2.41. The molecule has 2 heterocycles. The number of anilines is 1. The summed E-state index contributed by atoms with van der Waals surface area (Å²) in [5.74, 6) is -1.76. The van der Waals surface area contributed by atoms with Gasteiger partial charge in [-0.2, -0.15) is 14.7 Å². The van der Waals surface area contributed by atoms with Gasteiger partial charge in [-0.15, -0.1) is 11.3 Å². The topological polar surface area (TPSA) is 140 Å². The van der Waals surface area contributed by atoms with Crippen LogP contribution in [0.25, 0.3) is 0 Å². The highest BCUT2D eigenvalue weighted by Crippen LogP contribution is 2.20. The van der Waals surface area contributed by atoms with Crippen LogP contribution in [0.5, 0.6) is 11.8 Å². The number of nitrogens with zero attached hydrogens (tertiary/aromatic N) is 2. The van der Waals surface area contributed by atoms with E-state index in [9.17, 15) is 22.7 Å². The Morgan fingerprint density at radius 2 is 1.96 bits per heavy atom. The summed E-state index contributed by atoms with van der Waals surface area (Å²) < 4.78 is 48.8. The van der Waals surface area contributed by atoms with E-state index in [4.69, 9.17) is 9.47 Å². The molecule has 0 saturated heterocycles. The largest absolute Gasteiger partial charge is 0.481 e. The summed E-state index contributed by atoms with van der Waals surface area (Å²) in [6, 6.07) is 4.00. The van der Waals surface area contributed by atoms with E-state index in [1.807, 2.05) is 5.32 Å². The Morgan fingerprint density at radius 1 is 1.35 bits per heavy atom. The fraction of sp³-hybridized carbons (Fsp3) is 0.308. The number of methoxy groups -OCH3 is 2. The number of aliphatic hydroxyl groups is 1. The van der Waals surface area contributed by atoms with Crippen molar-refractivity contribution in [1.82, 2.24) is 14.7 Å². The first kappa shape index (κ1) is 20.0. The molecule has 3 N–H and O–H groups in total. The number of sulfonamides is 1. The molecule has 0 aliphatic carbocycles. The van der Waals surface area contributed by atoms with E-state index in [1.54, 1.807) is 4.72 Å². The minimum absolute atomic E-state index is 0.0232. The van der Waals surface area contributed by atoms with Gasteiger partial charge in [-0.25, -0.2) is 12.8 Å². The van der Waals surface area contributed by atoms with Crippen molar-refractivity contribution in [3.63, 3.8) is 0 Å². The number of ether oxygens (including phenoxy) is 2. The summed E-state index contributed by atoms with van der Waals surface area (Å²) in [6.07, 6.45) is 0. The molecule has 0 radical (unpaired) electrons. The summed E-state index contributed by atoms with van der Waals surface area (Å²) in [7, 11) is -1.71. The zero-order valence-electron chi connectivity index (χ0n) is 13.6. The Kier molecular flexibility index (Phi) is 6.07. The van der Waals surface area contributed by atoms with Crippen molar-refractivity contribution >= 4 is 33.2 Å². The molecule has 2 rings (SSSR count). The molecule has 10 nitrogen and oxygen atoms in total. The Balaban J connectivity index is 2.25. The second-order valence-electron chi connectivity index (χ2n) is 4.76. The number of nitrogens with one attached hydrogen (secondary N) is 2. The van der Waals surface area contributed by atoms with E-state index in [2.05, 4.69) is 9.97 Å². The first-order valence-electron chi connectivity index (χ1n) is 6.88. The highest BCUT2D eigenvalue weighted by molar-refractivity contribution is 7.91. The Labute approximate surface area is 152 Å². The van der Waals surface area contributed by atoms with Gasteiger partial charge in [-0.05, 0) is 11.4 Å². The zero-order valence-corrected chi connectivity index (χ0v) is 15.2. The third-order valence-electron chi connectivity index (χ3n) is 2.95. The summed E-state index contributed by atoms with van der Waals surface area (Å²) in [5, 5.41) is 13.6. The molecule has 0 saturated carbocycles. The molecule has 142 valence electrons. The molecule has 1 unspecified atom stereocenters. The average molecular weight is 406 g/mol. The van der Waals surface area contributed by atoms with Crippen LogP contribution in [0, 0.1) is 0 Å². The molecular weight excluding hydrogens is 391 g/mol. The maximum Gasteiger partial charge on any atom is 0.277 e. The van der Waals surface area contributed by atoms with Crippen LogP contribution in [0.2, 0.25) is 0 Å². The van der Waals surface area contributed by atoms with Gasteiger partial charge in [0.2, 0.25) is 23.4 Å². The third-order valence-corrected chi connectivity index (χ3v) is 5.84. The number of hydrogen-bond donors (Lipinski definition) is 3. The van der Waals surface area contributed by atoms with Crippen LogP contribution in [-0.4, -0.2) is 56.0 Å². The number of carbonyl (C=O) groups excluding carboxylic acids is 1. The monoisotopic (exact) mass is 406 g/mol. The summed E-state index contributed by atoms with van der Waals surface area (Å²) in [4.78, 5) is 19.8. The number of thiophene rings is 1. The van der Waals surface area contributed by atoms with E-state index in [1.165, 1.54) is 37.8 Å². The van der Waals surface area contributed by atoms with Crippen LogP contribution in [0.3, 0.4) is 0 Å². The van der Waals surface area contributed by atoms with Gasteiger partial charge in [-0.1, -0.05) is 6.07 Å². The van der Waals surface area contributed by atoms with Gasteiger partial charge in [-0.3, -0.25) is 10.1 Å². The van der Waals surface area contributed by atoms with Gasteiger partial charge in [0.05, 0.1) is 20.3 Å². The Hall–Kier alpha value is -2.35. The van der Waals surface area contributed by atoms with Crippen LogP contribution < -0.4 is 19.5 Å². The minimum Gasteiger partial charge on any atom is -0.481 e. The molecule has 13 heteroatoms. The number of carbonyl (C=O) groups is 1. The van der Waals surface area contributed by atoms with Gasteiger partial charge >= 0.3 is 0 Å².